The third-order valence-corrected chi connectivity index (χ3v) is 9.26. The number of benzene rings is 2. The van der Waals surface area contributed by atoms with Gasteiger partial charge < -0.3 is 25.6 Å². The first kappa shape index (κ1) is 33.1. The second kappa shape index (κ2) is 15.3. The van der Waals surface area contributed by atoms with Gasteiger partial charge in [0.05, 0.1) is 25.0 Å². The van der Waals surface area contributed by atoms with Crippen LogP contribution in [0.4, 0.5) is 10.7 Å². The largest absolute Gasteiger partial charge is 0.465 e. The molecule has 0 atom stereocenters. The fourth-order valence-corrected chi connectivity index (χ4v) is 6.85. The molecule has 47 heavy (non-hydrogen) atoms. The molecule has 1 aliphatic heterocycles. The van der Waals surface area contributed by atoms with Crippen LogP contribution >= 0.6 is 23.1 Å². The minimum absolute atomic E-state index is 0.0239. The summed E-state index contributed by atoms with van der Waals surface area (Å²) in [5, 5.41) is 8.75. The molecule has 0 bridgehead atoms. The highest BCUT2D eigenvalue weighted by atomic mass is 32.2. The average molecular weight is 670 g/mol. The number of pyridine rings is 1. The summed E-state index contributed by atoms with van der Waals surface area (Å²) in [6, 6.07) is 19.0. The molecule has 0 fully saturated rings. The number of hydrogen-bond donors (Lipinski definition) is 3. The van der Waals surface area contributed by atoms with E-state index in [-0.39, 0.29) is 23.3 Å². The van der Waals surface area contributed by atoms with Crippen LogP contribution in [0.2, 0.25) is 0 Å². The maximum absolute atomic E-state index is 13.4. The molecule has 5 rings (SSSR count). The van der Waals surface area contributed by atoms with E-state index < -0.39 is 17.8 Å². The zero-order chi connectivity index (χ0) is 33.3. The Hall–Kier alpha value is -5.27. The van der Waals surface area contributed by atoms with Crippen LogP contribution < -0.4 is 16.0 Å². The summed E-state index contributed by atoms with van der Waals surface area (Å²) in [5.41, 5.74) is 2.63. The van der Waals surface area contributed by atoms with Gasteiger partial charge in [0.15, 0.2) is 0 Å². The Morgan fingerprint density at radius 1 is 1.02 bits per heavy atom. The number of aromatic nitrogens is 1. The summed E-state index contributed by atoms with van der Waals surface area (Å²) < 4.78 is 4.99. The lowest BCUT2D eigenvalue weighted by molar-refractivity contribution is -0.129. The van der Waals surface area contributed by atoms with Crippen LogP contribution in [-0.4, -0.2) is 58.9 Å². The Morgan fingerprint density at radius 2 is 1.83 bits per heavy atom. The first-order valence-corrected chi connectivity index (χ1v) is 16.3. The van der Waals surface area contributed by atoms with Crippen LogP contribution in [0.5, 0.6) is 0 Å². The molecule has 4 amide bonds. The van der Waals surface area contributed by atoms with E-state index in [0.29, 0.717) is 51.8 Å². The summed E-state index contributed by atoms with van der Waals surface area (Å²) in [7, 11) is 1.29. The maximum Gasteiger partial charge on any atom is 0.341 e. The summed E-state index contributed by atoms with van der Waals surface area (Å²) in [4.78, 5) is 71.1. The smallest absolute Gasteiger partial charge is 0.341 e. The predicted octanol–water partition coefficient (Wildman–Crippen LogP) is 4.97. The van der Waals surface area contributed by atoms with Gasteiger partial charge in [-0.1, -0.05) is 30.3 Å². The van der Waals surface area contributed by atoms with Crippen LogP contribution in [-0.2, 0) is 32.1 Å². The van der Waals surface area contributed by atoms with E-state index >= 15 is 0 Å². The van der Waals surface area contributed by atoms with Crippen LogP contribution in [0.1, 0.15) is 43.6 Å². The van der Waals surface area contributed by atoms with Crippen molar-refractivity contribution in [3.63, 3.8) is 0 Å². The number of carbonyl (C=O) groups is 5. The molecule has 0 unspecified atom stereocenters. The number of hydrogen-bond acceptors (Lipinski definition) is 9. The minimum Gasteiger partial charge on any atom is -0.465 e. The van der Waals surface area contributed by atoms with Crippen molar-refractivity contribution < 1.29 is 28.7 Å². The Labute approximate surface area is 279 Å². The van der Waals surface area contributed by atoms with Gasteiger partial charge in [0.1, 0.15) is 10.7 Å². The molecule has 0 saturated carbocycles. The van der Waals surface area contributed by atoms with Gasteiger partial charge in [0, 0.05) is 46.9 Å². The molecule has 4 aromatic rings. The van der Waals surface area contributed by atoms with Gasteiger partial charge in [0.2, 0.25) is 11.8 Å². The van der Waals surface area contributed by atoms with Crippen LogP contribution in [0.3, 0.4) is 0 Å². The van der Waals surface area contributed by atoms with E-state index in [1.54, 1.807) is 84.0 Å². The number of anilines is 2. The molecule has 11 nitrogen and oxygen atoms in total. The standard InChI is InChI=1S/C34H31N5O6S2/c1-21(40)39-15-13-26-28(19-39)47-33(30(26)34(44)45-2)38-29(41)20-46-25-12-6-11-24(17-25)36-32(43)27(16-22-8-7-14-35-18-22)37-31(42)23-9-4-3-5-10-23/h3-12,14,16-18H,13,15,19-20H2,1-2H3,(H,36,43)(H,37,42)(H,38,41)/b27-16-. The number of nitrogens with one attached hydrogen (secondary N) is 3. The molecular formula is C34H31N5O6S2. The molecule has 0 spiro atoms. The van der Waals surface area contributed by atoms with E-state index in [4.69, 9.17) is 4.74 Å². The Bertz CT molecular complexity index is 1840. The van der Waals surface area contributed by atoms with Gasteiger partial charge in [-0.05, 0) is 60.0 Å². The lowest BCUT2D eigenvalue weighted by atomic mass is 10.0. The van der Waals surface area contributed by atoms with Crippen molar-refractivity contribution in [2.75, 3.05) is 30.0 Å². The molecule has 3 heterocycles. The van der Waals surface area contributed by atoms with E-state index in [0.717, 1.165) is 10.4 Å². The normalized spacial score (nSPS) is 12.5. The van der Waals surface area contributed by atoms with Gasteiger partial charge in [-0.2, -0.15) is 0 Å². The van der Waals surface area contributed by atoms with Crippen molar-refractivity contribution in [3.8, 4) is 0 Å². The Kier molecular flexibility index (Phi) is 10.8. The third-order valence-electron chi connectivity index (χ3n) is 7.13. The Morgan fingerprint density at radius 3 is 2.55 bits per heavy atom. The highest BCUT2D eigenvalue weighted by Gasteiger charge is 2.30. The minimum atomic E-state index is -0.543. The van der Waals surface area contributed by atoms with Crippen LogP contribution in [0, 0.1) is 0 Å². The number of nitrogens with zero attached hydrogens (tertiary/aromatic N) is 2. The summed E-state index contributed by atoms with van der Waals surface area (Å²) in [6.45, 7) is 2.36. The lowest BCUT2D eigenvalue weighted by Gasteiger charge is -2.25. The molecular weight excluding hydrogens is 639 g/mol. The topological polar surface area (TPSA) is 147 Å². The number of rotatable bonds is 10. The van der Waals surface area contributed by atoms with Gasteiger partial charge in [0.25, 0.3) is 11.8 Å². The van der Waals surface area contributed by atoms with E-state index in [1.807, 2.05) is 0 Å². The second-order valence-corrected chi connectivity index (χ2v) is 12.5. The molecule has 0 radical (unpaired) electrons. The molecule has 1 aliphatic rings. The van der Waals surface area contributed by atoms with Gasteiger partial charge in [-0.3, -0.25) is 24.2 Å². The third kappa shape index (κ3) is 8.51. The number of fused-ring (bicyclic) bond motifs is 1. The number of methoxy groups -OCH3 is 1. The summed E-state index contributed by atoms with van der Waals surface area (Å²) >= 11 is 2.52. The molecule has 3 N–H and O–H groups in total. The fraction of sp³-hybridized carbons (Fsp3) is 0.176. The molecule has 0 aliphatic carbocycles. The maximum atomic E-state index is 13.4. The van der Waals surface area contributed by atoms with Gasteiger partial charge >= 0.3 is 5.97 Å². The molecule has 0 saturated heterocycles. The van der Waals surface area contributed by atoms with Crippen LogP contribution in [0.25, 0.3) is 6.08 Å². The highest BCUT2D eigenvalue weighted by molar-refractivity contribution is 8.00. The number of thioether (sulfide) groups is 1. The summed E-state index contributed by atoms with van der Waals surface area (Å²) in [6.07, 6.45) is 5.21. The quantitative estimate of drug-likeness (QED) is 0.122. The highest BCUT2D eigenvalue weighted by Crippen LogP contribution is 2.38. The Balaban J connectivity index is 1.25. The van der Waals surface area contributed by atoms with E-state index in [1.165, 1.54) is 43.2 Å². The zero-order valence-corrected chi connectivity index (χ0v) is 27.2. The monoisotopic (exact) mass is 669 g/mol. The molecule has 13 heteroatoms. The summed E-state index contributed by atoms with van der Waals surface area (Å²) in [5.74, 6) is -1.88. The van der Waals surface area contributed by atoms with Gasteiger partial charge in [-0.15, -0.1) is 23.1 Å². The number of thiophene rings is 1. The number of ether oxygens (including phenoxy) is 1. The molecule has 2 aromatic carbocycles. The fourth-order valence-electron chi connectivity index (χ4n) is 4.82. The van der Waals surface area contributed by atoms with Crippen molar-refractivity contribution >= 4 is 69.5 Å². The first-order valence-electron chi connectivity index (χ1n) is 14.5. The van der Waals surface area contributed by atoms with Crippen molar-refractivity contribution in [2.24, 2.45) is 0 Å². The van der Waals surface area contributed by atoms with Crippen molar-refractivity contribution in [2.45, 2.75) is 24.8 Å². The SMILES string of the molecule is COC(=O)c1c(NC(=O)CSc2cccc(NC(=O)/C(=C/c3cccnc3)NC(=O)c3ccccc3)c2)sc2c1CCN(C(C)=O)C2. The van der Waals surface area contributed by atoms with Crippen molar-refractivity contribution in [1.29, 1.82) is 0 Å². The second-order valence-electron chi connectivity index (χ2n) is 10.4. The lowest BCUT2D eigenvalue weighted by Crippen LogP contribution is -2.33. The van der Waals surface area contributed by atoms with Gasteiger partial charge in [-0.25, -0.2) is 4.79 Å². The zero-order valence-electron chi connectivity index (χ0n) is 25.6. The average Bonchev–Trinajstić information content (AvgIpc) is 3.44. The van der Waals surface area contributed by atoms with Crippen LogP contribution in [0.15, 0.2) is 89.7 Å². The first-order chi connectivity index (χ1) is 22.7. The van der Waals surface area contributed by atoms with Crippen molar-refractivity contribution in [3.05, 3.63) is 112 Å². The van der Waals surface area contributed by atoms with Crippen molar-refractivity contribution in [1.82, 2.24) is 15.2 Å². The van der Waals surface area contributed by atoms with E-state index in [9.17, 15) is 24.0 Å². The number of amides is 4. The van der Waals surface area contributed by atoms with E-state index in [2.05, 4.69) is 20.9 Å². The molecule has 2 aromatic heterocycles. The predicted molar refractivity (Wildman–Crippen MR) is 181 cm³/mol. The number of carbonyl (C=O) groups excluding carboxylic acids is 5. The molecule has 240 valence electrons. The number of esters is 1.